The molecule has 0 fully saturated rings. The molecule has 2 rings (SSSR count). The van der Waals surface area contributed by atoms with Crippen LogP contribution in [0.25, 0.3) is 0 Å². The van der Waals surface area contributed by atoms with E-state index >= 15 is 0 Å². The van der Waals surface area contributed by atoms with Crippen LogP contribution in [0.4, 0.5) is 0 Å². The van der Waals surface area contributed by atoms with Crippen molar-refractivity contribution in [2.24, 2.45) is 5.73 Å². The van der Waals surface area contributed by atoms with Crippen molar-refractivity contribution in [1.29, 1.82) is 0 Å². The number of ether oxygens (including phenoxy) is 1. The summed E-state index contributed by atoms with van der Waals surface area (Å²) in [6.45, 7) is 6.33. The van der Waals surface area contributed by atoms with Crippen LogP contribution in [0.2, 0.25) is 0 Å². The maximum Gasteiger partial charge on any atom is 0.139 e. The quantitative estimate of drug-likeness (QED) is 0.852. The lowest BCUT2D eigenvalue weighted by Gasteiger charge is -2.26. The van der Waals surface area contributed by atoms with Crippen molar-refractivity contribution in [3.8, 4) is 5.75 Å². The number of nitrogens with two attached hydrogens (primary N) is 1. The van der Waals surface area contributed by atoms with Crippen LogP contribution in [0.15, 0.2) is 48.5 Å². The van der Waals surface area contributed by atoms with E-state index in [9.17, 15) is 0 Å². The standard InChI is InChI=1S/C19H25NO/c1-4-15-8-6-7-9-18(15)21-19(17(20)5-2)16-12-10-14(3)11-13-16/h6-13,17,19H,4-5,20H2,1-3H3. The summed E-state index contributed by atoms with van der Waals surface area (Å²) in [4.78, 5) is 0. The highest BCUT2D eigenvalue weighted by atomic mass is 16.5. The molecular weight excluding hydrogens is 258 g/mol. The number of hydrogen-bond acceptors (Lipinski definition) is 2. The molecule has 0 aliphatic heterocycles. The van der Waals surface area contributed by atoms with Crippen molar-refractivity contribution in [3.05, 3.63) is 65.2 Å². The molecule has 0 aliphatic carbocycles. The Hall–Kier alpha value is -1.80. The van der Waals surface area contributed by atoms with Gasteiger partial charge in [0.2, 0.25) is 0 Å². The predicted molar refractivity (Wildman–Crippen MR) is 88.6 cm³/mol. The zero-order valence-electron chi connectivity index (χ0n) is 13.2. The van der Waals surface area contributed by atoms with E-state index in [1.165, 1.54) is 11.1 Å². The number of aryl methyl sites for hydroxylation is 2. The fourth-order valence-electron chi connectivity index (χ4n) is 2.42. The number of hydrogen-bond donors (Lipinski definition) is 1. The Bertz CT molecular complexity index is 562. The van der Waals surface area contributed by atoms with Crippen LogP contribution in [0.3, 0.4) is 0 Å². The van der Waals surface area contributed by atoms with Gasteiger partial charge in [0.15, 0.2) is 0 Å². The Balaban J connectivity index is 2.30. The number of para-hydroxylation sites is 1. The summed E-state index contributed by atoms with van der Waals surface area (Å²) in [6, 6.07) is 16.6. The van der Waals surface area contributed by atoms with Gasteiger partial charge in [-0.3, -0.25) is 0 Å². The zero-order chi connectivity index (χ0) is 15.2. The molecule has 0 saturated carbocycles. The van der Waals surface area contributed by atoms with E-state index in [0.29, 0.717) is 0 Å². The molecule has 0 bridgehead atoms. The first kappa shape index (κ1) is 15.6. The average Bonchev–Trinajstić information content (AvgIpc) is 2.53. The third-order valence-electron chi connectivity index (χ3n) is 3.87. The van der Waals surface area contributed by atoms with Crippen molar-refractivity contribution in [1.82, 2.24) is 0 Å². The van der Waals surface area contributed by atoms with Crippen LogP contribution in [-0.2, 0) is 6.42 Å². The van der Waals surface area contributed by atoms with E-state index in [-0.39, 0.29) is 12.1 Å². The molecule has 2 atom stereocenters. The van der Waals surface area contributed by atoms with Crippen molar-refractivity contribution in [3.63, 3.8) is 0 Å². The molecule has 2 nitrogen and oxygen atoms in total. The van der Waals surface area contributed by atoms with Crippen LogP contribution in [0.5, 0.6) is 5.75 Å². The van der Waals surface area contributed by atoms with Crippen LogP contribution in [-0.4, -0.2) is 6.04 Å². The Morgan fingerprint density at radius 1 is 1.00 bits per heavy atom. The highest BCUT2D eigenvalue weighted by Gasteiger charge is 2.21. The first-order chi connectivity index (χ1) is 10.2. The van der Waals surface area contributed by atoms with Crippen LogP contribution >= 0.6 is 0 Å². The summed E-state index contributed by atoms with van der Waals surface area (Å²) in [6.07, 6.45) is 1.73. The normalized spacial score (nSPS) is 13.7. The fraction of sp³-hybridized carbons (Fsp3) is 0.368. The van der Waals surface area contributed by atoms with Gasteiger partial charge in [0, 0.05) is 6.04 Å². The molecule has 2 aromatic carbocycles. The zero-order valence-corrected chi connectivity index (χ0v) is 13.2. The van der Waals surface area contributed by atoms with E-state index in [1.54, 1.807) is 0 Å². The van der Waals surface area contributed by atoms with Gasteiger partial charge in [0.25, 0.3) is 0 Å². The molecule has 112 valence electrons. The summed E-state index contributed by atoms with van der Waals surface area (Å²) in [5.74, 6) is 0.939. The molecule has 0 saturated heterocycles. The minimum absolute atomic E-state index is 0.0161. The third kappa shape index (κ3) is 3.85. The Labute approximate surface area is 127 Å². The molecule has 0 aliphatic rings. The van der Waals surface area contributed by atoms with Gasteiger partial charge < -0.3 is 10.5 Å². The SMILES string of the molecule is CCc1ccccc1OC(c1ccc(C)cc1)C(N)CC. The topological polar surface area (TPSA) is 35.2 Å². The van der Waals surface area contributed by atoms with E-state index in [0.717, 1.165) is 24.2 Å². The molecule has 2 N–H and O–H groups in total. The molecule has 0 amide bonds. The highest BCUT2D eigenvalue weighted by molar-refractivity contribution is 5.34. The summed E-state index contributed by atoms with van der Waals surface area (Å²) >= 11 is 0. The molecule has 0 radical (unpaired) electrons. The molecule has 0 aromatic heterocycles. The first-order valence-corrected chi connectivity index (χ1v) is 7.72. The Morgan fingerprint density at radius 2 is 1.67 bits per heavy atom. The van der Waals surface area contributed by atoms with Crippen molar-refractivity contribution >= 4 is 0 Å². The minimum Gasteiger partial charge on any atom is -0.484 e. The van der Waals surface area contributed by atoms with Crippen molar-refractivity contribution in [2.45, 2.75) is 45.8 Å². The van der Waals surface area contributed by atoms with Gasteiger partial charge in [-0.15, -0.1) is 0 Å². The third-order valence-corrected chi connectivity index (χ3v) is 3.87. The molecule has 0 spiro atoms. The second kappa shape index (κ2) is 7.28. The predicted octanol–water partition coefficient (Wildman–Crippen LogP) is 4.41. The molecule has 2 unspecified atom stereocenters. The monoisotopic (exact) mass is 283 g/mol. The summed E-state index contributed by atoms with van der Waals surface area (Å²) < 4.78 is 6.29. The smallest absolute Gasteiger partial charge is 0.139 e. The van der Waals surface area contributed by atoms with Gasteiger partial charge in [-0.05, 0) is 37.0 Å². The minimum atomic E-state index is -0.108. The second-order valence-electron chi connectivity index (χ2n) is 5.48. The summed E-state index contributed by atoms with van der Waals surface area (Å²) in [5.41, 5.74) is 9.91. The molecule has 2 heteroatoms. The van der Waals surface area contributed by atoms with E-state index < -0.39 is 0 Å². The molecule has 21 heavy (non-hydrogen) atoms. The Morgan fingerprint density at radius 3 is 2.29 bits per heavy atom. The van der Waals surface area contributed by atoms with Gasteiger partial charge >= 0.3 is 0 Å². The number of benzene rings is 2. The van der Waals surface area contributed by atoms with E-state index in [4.69, 9.17) is 10.5 Å². The molecule has 2 aromatic rings. The molecule has 0 heterocycles. The van der Waals surface area contributed by atoms with Crippen molar-refractivity contribution in [2.75, 3.05) is 0 Å². The Kier molecular flexibility index (Phi) is 5.40. The highest BCUT2D eigenvalue weighted by Crippen LogP contribution is 2.28. The number of rotatable bonds is 6. The van der Waals surface area contributed by atoms with Gasteiger partial charge in [0.1, 0.15) is 11.9 Å². The van der Waals surface area contributed by atoms with Crippen LogP contribution < -0.4 is 10.5 Å². The van der Waals surface area contributed by atoms with Gasteiger partial charge in [-0.2, -0.15) is 0 Å². The van der Waals surface area contributed by atoms with Gasteiger partial charge in [-0.1, -0.05) is 61.9 Å². The van der Waals surface area contributed by atoms with Gasteiger partial charge in [0.05, 0.1) is 0 Å². The maximum atomic E-state index is 6.30. The lowest BCUT2D eigenvalue weighted by atomic mass is 9.99. The average molecular weight is 283 g/mol. The largest absolute Gasteiger partial charge is 0.484 e. The van der Waals surface area contributed by atoms with Crippen LogP contribution in [0.1, 0.15) is 43.1 Å². The lowest BCUT2D eigenvalue weighted by Crippen LogP contribution is -2.31. The second-order valence-corrected chi connectivity index (χ2v) is 5.48. The van der Waals surface area contributed by atoms with Crippen LogP contribution in [0, 0.1) is 6.92 Å². The summed E-state index contributed by atoms with van der Waals surface area (Å²) in [7, 11) is 0. The van der Waals surface area contributed by atoms with E-state index in [1.807, 2.05) is 18.2 Å². The van der Waals surface area contributed by atoms with Crippen molar-refractivity contribution < 1.29 is 4.74 Å². The summed E-state index contributed by atoms with van der Waals surface area (Å²) in [5, 5.41) is 0. The van der Waals surface area contributed by atoms with Gasteiger partial charge in [-0.25, -0.2) is 0 Å². The lowest BCUT2D eigenvalue weighted by molar-refractivity contribution is 0.169. The van der Waals surface area contributed by atoms with E-state index in [2.05, 4.69) is 51.1 Å². The fourth-order valence-corrected chi connectivity index (χ4v) is 2.42. The maximum absolute atomic E-state index is 6.30. The molecular formula is C19H25NO. The first-order valence-electron chi connectivity index (χ1n) is 7.72.